The first-order valence-electron chi connectivity index (χ1n) is 6.78. The van der Waals surface area contributed by atoms with Gasteiger partial charge in [-0.3, -0.25) is 9.78 Å². The third-order valence-electron chi connectivity index (χ3n) is 3.36. The van der Waals surface area contributed by atoms with Crippen LogP contribution in [-0.2, 0) is 6.18 Å². The normalized spacial score (nSPS) is 11.4. The lowest BCUT2D eigenvalue weighted by molar-refractivity contribution is -0.136. The van der Waals surface area contributed by atoms with Crippen LogP contribution in [-0.4, -0.2) is 10.9 Å². The van der Waals surface area contributed by atoms with E-state index in [-0.39, 0.29) is 16.6 Å². The summed E-state index contributed by atoms with van der Waals surface area (Å²) in [5.74, 6) is -0.405. The van der Waals surface area contributed by atoms with E-state index in [0.717, 1.165) is 6.07 Å². The molecule has 23 heavy (non-hydrogen) atoms. The monoisotopic (exact) mass is 316 g/mol. The summed E-state index contributed by atoms with van der Waals surface area (Å²) in [5, 5.41) is 2.56. The van der Waals surface area contributed by atoms with E-state index in [4.69, 9.17) is 0 Å². The number of hydrogen-bond donors (Lipinski definition) is 1. The molecule has 6 heteroatoms. The van der Waals surface area contributed by atoms with Gasteiger partial charge in [0, 0.05) is 17.1 Å². The van der Waals surface area contributed by atoms with Crippen molar-refractivity contribution in [3.05, 3.63) is 71.9 Å². The van der Waals surface area contributed by atoms with Gasteiger partial charge >= 0.3 is 6.18 Å². The van der Waals surface area contributed by atoms with Gasteiger partial charge in [-0.05, 0) is 30.3 Å². The fraction of sp³-hybridized carbons (Fsp3) is 0.0588. The fourth-order valence-electron chi connectivity index (χ4n) is 2.30. The van der Waals surface area contributed by atoms with E-state index >= 15 is 0 Å². The summed E-state index contributed by atoms with van der Waals surface area (Å²) < 4.78 is 39.2. The molecule has 1 N–H and O–H groups in total. The lowest BCUT2D eigenvalue weighted by Gasteiger charge is -2.13. The van der Waals surface area contributed by atoms with Gasteiger partial charge in [-0.2, -0.15) is 13.2 Å². The second kappa shape index (κ2) is 5.72. The largest absolute Gasteiger partial charge is 0.417 e. The summed E-state index contributed by atoms with van der Waals surface area (Å²) in [6.07, 6.45) is -3.09. The van der Waals surface area contributed by atoms with Crippen molar-refractivity contribution in [3.63, 3.8) is 0 Å². The van der Waals surface area contributed by atoms with E-state index in [1.165, 1.54) is 24.4 Å². The number of alkyl halides is 3. The predicted octanol–water partition coefficient (Wildman–Crippen LogP) is 4.51. The fourth-order valence-corrected chi connectivity index (χ4v) is 2.30. The Labute approximate surface area is 129 Å². The summed E-state index contributed by atoms with van der Waals surface area (Å²) >= 11 is 0. The SMILES string of the molecule is O=C(Nc1ccc(C(F)(F)F)c2cccnc12)c1ccccc1. The Bertz CT molecular complexity index is 861. The van der Waals surface area contributed by atoms with E-state index in [2.05, 4.69) is 10.3 Å². The summed E-state index contributed by atoms with van der Waals surface area (Å²) in [5.41, 5.74) is -0.0242. The zero-order valence-electron chi connectivity index (χ0n) is 11.8. The number of halogens is 3. The Hall–Kier alpha value is -2.89. The summed E-state index contributed by atoms with van der Waals surface area (Å²) in [6.45, 7) is 0. The van der Waals surface area contributed by atoms with E-state index in [1.807, 2.05) is 0 Å². The van der Waals surface area contributed by atoms with Crippen LogP contribution in [0.25, 0.3) is 10.9 Å². The molecular formula is C17H11F3N2O. The second-order valence-electron chi connectivity index (χ2n) is 4.88. The molecule has 116 valence electrons. The smallest absolute Gasteiger partial charge is 0.320 e. The van der Waals surface area contributed by atoms with Gasteiger partial charge in [0.1, 0.15) is 0 Å². The molecule has 0 fully saturated rings. The van der Waals surface area contributed by atoms with E-state index in [0.29, 0.717) is 5.56 Å². The highest BCUT2D eigenvalue weighted by Gasteiger charge is 2.33. The van der Waals surface area contributed by atoms with Gasteiger partial charge in [-0.1, -0.05) is 24.3 Å². The summed E-state index contributed by atoms with van der Waals surface area (Å²) in [6, 6.07) is 13.4. The van der Waals surface area contributed by atoms with Crippen molar-refractivity contribution in [2.24, 2.45) is 0 Å². The van der Waals surface area contributed by atoms with Crippen LogP contribution in [0.15, 0.2) is 60.8 Å². The lowest BCUT2D eigenvalue weighted by atomic mass is 10.1. The molecule has 2 aromatic carbocycles. The van der Waals surface area contributed by atoms with Gasteiger partial charge in [-0.25, -0.2) is 0 Å². The molecular weight excluding hydrogens is 305 g/mol. The highest BCUT2D eigenvalue weighted by atomic mass is 19.4. The van der Waals surface area contributed by atoms with Crippen molar-refractivity contribution in [2.75, 3.05) is 5.32 Å². The maximum absolute atomic E-state index is 13.1. The second-order valence-corrected chi connectivity index (χ2v) is 4.88. The topological polar surface area (TPSA) is 42.0 Å². The first-order chi connectivity index (χ1) is 11.0. The number of benzene rings is 2. The van der Waals surface area contributed by atoms with Gasteiger partial charge in [0.2, 0.25) is 0 Å². The number of fused-ring (bicyclic) bond motifs is 1. The third-order valence-corrected chi connectivity index (χ3v) is 3.36. The first kappa shape index (κ1) is 15.0. The molecule has 0 bridgehead atoms. The van der Waals surface area contributed by atoms with E-state index < -0.39 is 17.6 Å². The van der Waals surface area contributed by atoms with Gasteiger partial charge in [0.25, 0.3) is 5.91 Å². The molecule has 3 nitrogen and oxygen atoms in total. The number of carbonyl (C=O) groups excluding carboxylic acids is 1. The minimum atomic E-state index is -4.48. The Morgan fingerprint density at radius 1 is 0.957 bits per heavy atom. The molecule has 0 unspecified atom stereocenters. The highest BCUT2D eigenvalue weighted by molar-refractivity contribution is 6.08. The molecule has 0 aliphatic rings. The molecule has 0 aliphatic heterocycles. The molecule has 1 amide bonds. The molecule has 0 aliphatic carbocycles. The number of nitrogens with zero attached hydrogens (tertiary/aromatic N) is 1. The molecule has 1 heterocycles. The van der Waals surface area contributed by atoms with Crippen molar-refractivity contribution in [1.29, 1.82) is 0 Å². The standard InChI is InChI=1S/C17H11F3N2O/c18-17(19,20)13-8-9-14(15-12(13)7-4-10-21-15)22-16(23)11-5-2-1-3-6-11/h1-10H,(H,22,23). The molecule has 0 radical (unpaired) electrons. The van der Waals surface area contributed by atoms with E-state index in [1.54, 1.807) is 30.3 Å². The van der Waals surface area contributed by atoms with Gasteiger partial charge in [-0.15, -0.1) is 0 Å². The number of anilines is 1. The van der Waals surface area contributed by atoms with Crippen molar-refractivity contribution in [3.8, 4) is 0 Å². The first-order valence-corrected chi connectivity index (χ1v) is 6.78. The Morgan fingerprint density at radius 3 is 2.39 bits per heavy atom. The van der Waals surface area contributed by atoms with Crippen LogP contribution in [0.5, 0.6) is 0 Å². The Kier molecular flexibility index (Phi) is 3.73. The zero-order chi connectivity index (χ0) is 16.4. The number of amides is 1. The minimum Gasteiger partial charge on any atom is -0.320 e. The van der Waals surface area contributed by atoms with Crippen molar-refractivity contribution < 1.29 is 18.0 Å². The van der Waals surface area contributed by atoms with Crippen LogP contribution in [0.2, 0.25) is 0 Å². The average Bonchev–Trinajstić information content (AvgIpc) is 2.55. The van der Waals surface area contributed by atoms with Crippen LogP contribution in [0.1, 0.15) is 15.9 Å². The van der Waals surface area contributed by atoms with Crippen molar-refractivity contribution >= 4 is 22.5 Å². The van der Waals surface area contributed by atoms with Crippen LogP contribution < -0.4 is 5.32 Å². The number of nitrogens with one attached hydrogen (secondary N) is 1. The minimum absolute atomic E-state index is 0.0501. The third kappa shape index (κ3) is 3.01. The summed E-state index contributed by atoms with van der Waals surface area (Å²) in [4.78, 5) is 16.2. The van der Waals surface area contributed by atoms with Crippen LogP contribution in [0.4, 0.5) is 18.9 Å². The van der Waals surface area contributed by atoms with Crippen LogP contribution in [0.3, 0.4) is 0 Å². The Balaban J connectivity index is 2.05. The quantitative estimate of drug-likeness (QED) is 0.756. The number of pyridine rings is 1. The van der Waals surface area contributed by atoms with Crippen molar-refractivity contribution in [2.45, 2.75) is 6.18 Å². The molecule has 0 saturated carbocycles. The number of aromatic nitrogens is 1. The molecule has 1 aromatic heterocycles. The van der Waals surface area contributed by atoms with Crippen LogP contribution >= 0.6 is 0 Å². The van der Waals surface area contributed by atoms with Gasteiger partial charge in [0.05, 0.1) is 16.8 Å². The molecule has 0 atom stereocenters. The lowest BCUT2D eigenvalue weighted by Crippen LogP contribution is -2.13. The average molecular weight is 316 g/mol. The highest BCUT2D eigenvalue weighted by Crippen LogP contribution is 2.36. The maximum atomic E-state index is 13.1. The molecule has 0 spiro atoms. The summed E-state index contributed by atoms with van der Waals surface area (Å²) in [7, 11) is 0. The van der Waals surface area contributed by atoms with E-state index in [9.17, 15) is 18.0 Å². The number of hydrogen-bond acceptors (Lipinski definition) is 2. The Morgan fingerprint density at radius 2 is 1.70 bits per heavy atom. The van der Waals surface area contributed by atoms with Gasteiger partial charge < -0.3 is 5.32 Å². The predicted molar refractivity (Wildman–Crippen MR) is 81.1 cm³/mol. The molecule has 3 aromatic rings. The van der Waals surface area contributed by atoms with Crippen LogP contribution in [0, 0.1) is 0 Å². The number of rotatable bonds is 2. The zero-order valence-corrected chi connectivity index (χ0v) is 11.8. The number of carbonyl (C=O) groups is 1. The maximum Gasteiger partial charge on any atom is 0.417 e. The molecule has 0 saturated heterocycles. The van der Waals surface area contributed by atoms with Crippen molar-refractivity contribution in [1.82, 2.24) is 4.98 Å². The molecule has 3 rings (SSSR count). The van der Waals surface area contributed by atoms with Gasteiger partial charge in [0.15, 0.2) is 0 Å².